The van der Waals surface area contributed by atoms with Crippen molar-refractivity contribution in [3.05, 3.63) is 75.6 Å². The molecule has 3 aromatic rings. The molecule has 2 aromatic carbocycles. The number of rotatable bonds is 3. The van der Waals surface area contributed by atoms with Gasteiger partial charge in [0, 0.05) is 11.3 Å². The highest BCUT2D eigenvalue weighted by molar-refractivity contribution is 5.68. The summed E-state index contributed by atoms with van der Waals surface area (Å²) in [7, 11) is 0. The third-order valence-corrected chi connectivity index (χ3v) is 4.37. The number of aromatic nitrogens is 2. The van der Waals surface area contributed by atoms with Crippen LogP contribution in [0.5, 0.6) is 0 Å². The first-order valence-corrected chi connectivity index (χ1v) is 8.77. The second kappa shape index (κ2) is 7.08. The fourth-order valence-corrected chi connectivity index (χ4v) is 2.75. The van der Waals surface area contributed by atoms with Crippen LogP contribution in [0.25, 0.3) is 11.3 Å². The Morgan fingerprint density at radius 1 is 1.04 bits per heavy atom. The Bertz CT molecular complexity index is 1050. The third kappa shape index (κ3) is 4.06. The molecular weight excluding hydrogens is 336 g/mol. The van der Waals surface area contributed by atoms with Crippen LogP contribution in [0.4, 0.5) is 11.6 Å². The Morgan fingerprint density at radius 2 is 1.67 bits per heavy atom. The van der Waals surface area contributed by atoms with Crippen molar-refractivity contribution < 1.29 is 0 Å². The Hall–Kier alpha value is -3.39. The lowest BCUT2D eigenvalue weighted by Gasteiger charge is -2.19. The molecule has 0 amide bonds. The molecule has 0 spiro atoms. The molecule has 5 nitrogen and oxygen atoms in total. The van der Waals surface area contributed by atoms with Gasteiger partial charge < -0.3 is 5.32 Å². The van der Waals surface area contributed by atoms with E-state index in [-0.39, 0.29) is 11.0 Å². The maximum atomic E-state index is 12.4. The summed E-state index contributed by atoms with van der Waals surface area (Å²) in [5, 5.41) is 12.5. The number of nitriles is 1. The number of nitrogens with zero attached hydrogens (tertiary/aromatic N) is 2. The normalized spacial score (nSPS) is 11.1. The van der Waals surface area contributed by atoms with E-state index in [2.05, 4.69) is 36.1 Å². The van der Waals surface area contributed by atoms with Gasteiger partial charge in [0.2, 0.25) is 5.95 Å². The number of benzene rings is 2. The van der Waals surface area contributed by atoms with Gasteiger partial charge in [0.1, 0.15) is 11.6 Å². The number of anilines is 2. The molecule has 0 fully saturated rings. The van der Waals surface area contributed by atoms with E-state index in [1.54, 1.807) is 0 Å². The Labute approximate surface area is 158 Å². The highest BCUT2D eigenvalue weighted by Crippen LogP contribution is 2.26. The predicted molar refractivity (Wildman–Crippen MR) is 108 cm³/mol. The Balaban J connectivity index is 2.03. The quantitative estimate of drug-likeness (QED) is 0.713. The smallest absolute Gasteiger partial charge is 0.270 e. The molecule has 0 aliphatic rings. The zero-order chi connectivity index (χ0) is 19.6. The van der Waals surface area contributed by atoms with E-state index < -0.39 is 5.56 Å². The second-order valence-corrected chi connectivity index (χ2v) is 7.57. The van der Waals surface area contributed by atoms with Gasteiger partial charge in [-0.15, -0.1) is 0 Å². The molecule has 3 rings (SSSR count). The van der Waals surface area contributed by atoms with E-state index in [4.69, 9.17) is 0 Å². The lowest BCUT2D eigenvalue weighted by molar-refractivity contribution is 0.590. The molecule has 1 aromatic heterocycles. The average Bonchev–Trinajstić information content (AvgIpc) is 2.62. The maximum absolute atomic E-state index is 12.4. The van der Waals surface area contributed by atoms with Gasteiger partial charge in [0.25, 0.3) is 5.56 Å². The fourth-order valence-electron chi connectivity index (χ4n) is 2.75. The molecule has 0 atom stereocenters. The highest BCUT2D eigenvalue weighted by atomic mass is 16.1. The van der Waals surface area contributed by atoms with Crippen molar-refractivity contribution >= 4 is 11.6 Å². The lowest BCUT2D eigenvalue weighted by Crippen LogP contribution is -2.16. The zero-order valence-electron chi connectivity index (χ0n) is 15.9. The van der Waals surface area contributed by atoms with Crippen LogP contribution in [0.1, 0.15) is 37.5 Å². The van der Waals surface area contributed by atoms with E-state index in [1.807, 2.05) is 61.5 Å². The molecule has 0 saturated heterocycles. The SMILES string of the molecule is Cc1ccc(Nc2nc(-c3ccc(C(C)(C)C)cc3)c(C#N)c(=O)[nH]2)cc1. The van der Waals surface area contributed by atoms with Crippen molar-refractivity contribution in [1.82, 2.24) is 9.97 Å². The minimum absolute atomic E-state index is 0.00737. The van der Waals surface area contributed by atoms with Crippen molar-refractivity contribution in [1.29, 1.82) is 5.26 Å². The van der Waals surface area contributed by atoms with E-state index >= 15 is 0 Å². The summed E-state index contributed by atoms with van der Waals surface area (Å²) in [6.07, 6.45) is 0. The summed E-state index contributed by atoms with van der Waals surface area (Å²) >= 11 is 0. The molecule has 0 saturated carbocycles. The maximum Gasteiger partial charge on any atom is 0.270 e. The summed E-state index contributed by atoms with van der Waals surface area (Å²) < 4.78 is 0. The summed E-state index contributed by atoms with van der Waals surface area (Å²) in [4.78, 5) is 19.5. The van der Waals surface area contributed by atoms with Crippen LogP contribution in [-0.2, 0) is 5.41 Å². The van der Waals surface area contributed by atoms with E-state index in [9.17, 15) is 10.1 Å². The van der Waals surface area contributed by atoms with Gasteiger partial charge in [-0.05, 0) is 30.0 Å². The summed E-state index contributed by atoms with van der Waals surface area (Å²) in [5.74, 6) is 0.303. The number of hydrogen-bond donors (Lipinski definition) is 2. The van der Waals surface area contributed by atoms with Gasteiger partial charge in [0.15, 0.2) is 0 Å². The average molecular weight is 358 g/mol. The van der Waals surface area contributed by atoms with Crippen LogP contribution in [0.2, 0.25) is 0 Å². The van der Waals surface area contributed by atoms with Gasteiger partial charge in [-0.1, -0.05) is 62.7 Å². The predicted octanol–water partition coefficient (Wildman–Crippen LogP) is 4.66. The Kier molecular flexibility index (Phi) is 4.83. The minimum Gasteiger partial charge on any atom is -0.326 e. The molecule has 0 bridgehead atoms. The number of aryl methyl sites for hydroxylation is 1. The number of hydrogen-bond acceptors (Lipinski definition) is 4. The zero-order valence-corrected chi connectivity index (χ0v) is 15.9. The van der Waals surface area contributed by atoms with Crippen molar-refractivity contribution in [3.63, 3.8) is 0 Å². The summed E-state index contributed by atoms with van der Waals surface area (Å²) in [5.41, 5.74) is 3.80. The number of aromatic amines is 1. The van der Waals surface area contributed by atoms with Crippen molar-refractivity contribution in [2.75, 3.05) is 5.32 Å². The van der Waals surface area contributed by atoms with Crippen molar-refractivity contribution in [3.8, 4) is 17.3 Å². The standard InChI is InChI=1S/C22H22N4O/c1-14-5-11-17(12-6-14)24-21-25-19(18(13-23)20(27)26-21)15-7-9-16(10-8-15)22(2,3)4/h5-12H,1-4H3,(H2,24,25,26,27). The van der Waals surface area contributed by atoms with Gasteiger partial charge >= 0.3 is 0 Å². The largest absolute Gasteiger partial charge is 0.326 e. The van der Waals surface area contributed by atoms with Gasteiger partial charge in [0.05, 0.1) is 5.69 Å². The topological polar surface area (TPSA) is 81.6 Å². The first-order valence-electron chi connectivity index (χ1n) is 8.77. The first kappa shape index (κ1) is 18.4. The fraction of sp³-hybridized carbons (Fsp3) is 0.227. The van der Waals surface area contributed by atoms with Crippen molar-refractivity contribution in [2.45, 2.75) is 33.1 Å². The third-order valence-electron chi connectivity index (χ3n) is 4.37. The first-order chi connectivity index (χ1) is 12.8. The van der Waals surface area contributed by atoms with E-state index in [0.717, 1.165) is 16.8 Å². The molecule has 27 heavy (non-hydrogen) atoms. The molecule has 1 heterocycles. The number of H-pyrrole nitrogens is 1. The number of nitrogens with one attached hydrogen (secondary N) is 2. The molecule has 0 unspecified atom stereocenters. The van der Waals surface area contributed by atoms with Crippen LogP contribution >= 0.6 is 0 Å². The lowest BCUT2D eigenvalue weighted by atomic mass is 9.86. The molecule has 2 N–H and O–H groups in total. The van der Waals surface area contributed by atoms with Gasteiger partial charge in [-0.25, -0.2) is 4.98 Å². The monoisotopic (exact) mass is 358 g/mol. The van der Waals surface area contributed by atoms with Crippen LogP contribution in [0.15, 0.2) is 53.3 Å². The van der Waals surface area contributed by atoms with E-state index in [0.29, 0.717) is 11.6 Å². The molecule has 0 aliphatic heterocycles. The van der Waals surface area contributed by atoms with Crippen molar-refractivity contribution in [2.24, 2.45) is 0 Å². The minimum atomic E-state index is -0.461. The van der Waals surface area contributed by atoms with Gasteiger partial charge in [-0.2, -0.15) is 5.26 Å². The van der Waals surface area contributed by atoms with E-state index in [1.165, 1.54) is 5.56 Å². The molecule has 136 valence electrons. The van der Waals surface area contributed by atoms with Crippen LogP contribution in [0.3, 0.4) is 0 Å². The van der Waals surface area contributed by atoms with Crippen LogP contribution in [-0.4, -0.2) is 9.97 Å². The molecular formula is C22H22N4O. The molecule has 0 aliphatic carbocycles. The summed E-state index contributed by atoms with van der Waals surface area (Å²) in [6.45, 7) is 8.42. The van der Waals surface area contributed by atoms with Gasteiger partial charge in [-0.3, -0.25) is 9.78 Å². The van der Waals surface area contributed by atoms with Crippen LogP contribution < -0.4 is 10.9 Å². The summed E-state index contributed by atoms with van der Waals surface area (Å²) in [6, 6.07) is 17.5. The highest BCUT2D eigenvalue weighted by Gasteiger charge is 2.16. The molecule has 5 heteroatoms. The Morgan fingerprint density at radius 3 is 2.22 bits per heavy atom. The van der Waals surface area contributed by atoms with Crippen LogP contribution in [0, 0.1) is 18.3 Å². The second-order valence-electron chi connectivity index (χ2n) is 7.57. The molecule has 0 radical (unpaired) electrons.